The first-order chi connectivity index (χ1) is 14.9. The molecule has 1 aliphatic carbocycles. The van der Waals surface area contributed by atoms with Gasteiger partial charge in [0, 0.05) is 18.7 Å². The quantitative estimate of drug-likeness (QED) is 0.524. The molecule has 7 nitrogen and oxygen atoms in total. The van der Waals surface area contributed by atoms with Crippen molar-refractivity contribution in [3.63, 3.8) is 0 Å². The minimum Gasteiger partial charge on any atom is -0.310 e. The second-order valence-corrected chi connectivity index (χ2v) is 8.31. The number of aromatic nitrogens is 3. The molecule has 2 unspecified atom stereocenters. The maximum atomic E-state index is 4.92. The summed E-state index contributed by atoms with van der Waals surface area (Å²) in [5.41, 5.74) is 3.46. The number of para-hydroxylation sites is 2. The first-order valence-corrected chi connectivity index (χ1v) is 10.7. The van der Waals surface area contributed by atoms with Gasteiger partial charge in [-0.1, -0.05) is 30.4 Å². The Hall–Kier alpha value is -3.19. The van der Waals surface area contributed by atoms with Crippen LogP contribution in [0.5, 0.6) is 0 Å². The third-order valence-corrected chi connectivity index (χ3v) is 6.33. The number of hydrogen-bond donors (Lipinski definition) is 2. The van der Waals surface area contributed by atoms with Crippen molar-refractivity contribution in [3.8, 4) is 0 Å². The predicted octanol–water partition coefficient (Wildman–Crippen LogP) is 2.90. The van der Waals surface area contributed by atoms with Gasteiger partial charge in [0.2, 0.25) is 0 Å². The number of anilines is 1. The number of rotatable bonds is 3. The summed E-state index contributed by atoms with van der Waals surface area (Å²) in [7, 11) is 0. The first-order valence-electron chi connectivity index (χ1n) is 10.7. The van der Waals surface area contributed by atoms with E-state index in [0.717, 1.165) is 49.2 Å². The molecule has 2 aliphatic heterocycles. The van der Waals surface area contributed by atoms with E-state index >= 15 is 0 Å². The lowest BCUT2D eigenvalue weighted by Crippen LogP contribution is -2.66. The number of aliphatic imine (C=N–C) groups is 1. The van der Waals surface area contributed by atoms with Crippen molar-refractivity contribution < 1.29 is 4.57 Å². The number of benzene rings is 1. The topological polar surface area (TPSA) is 63.4 Å². The molecule has 0 spiro atoms. The minimum absolute atomic E-state index is 0.207. The van der Waals surface area contributed by atoms with E-state index in [4.69, 9.17) is 4.99 Å². The van der Waals surface area contributed by atoms with Crippen LogP contribution in [0, 0.1) is 5.92 Å². The summed E-state index contributed by atoms with van der Waals surface area (Å²) in [6, 6.07) is 14.6. The maximum Gasteiger partial charge on any atom is 0.368 e. The van der Waals surface area contributed by atoms with Crippen LogP contribution in [-0.4, -0.2) is 34.2 Å². The molecule has 0 amide bonds. The molecule has 0 bridgehead atoms. The van der Waals surface area contributed by atoms with Gasteiger partial charge in [-0.3, -0.25) is 4.98 Å². The lowest BCUT2D eigenvalue weighted by molar-refractivity contribution is -0.700. The van der Waals surface area contributed by atoms with Gasteiger partial charge in [-0.05, 0) is 43.5 Å². The van der Waals surface area contributed by atoms with Crippen LogP contribution in [0.3, 0.4) is 0 Å². The number of fused-ring (bicyclic) bond motifs is 5. The molecule has 2 aromatic heterocycles. The standard InChI is InChI=1S/C23H25N7/c1-2-8-17(9-3-1)21-27-22-25-15-28(14-18-10-6-7-13-24-18)16-29(22)23-26-19-11-4-5-12-20(19)30(21)23/h1-2,4-7,10-13,17,21H,3,8-9,14-16H2,(H,25,27)/p+1. The van der Waals surface area contributed by atoms with E-state index in [9.17, 15) is 0 Å². The molecule has 7 heteroatoms. The zero-order valence-electron chi connectivity index (χ0n) is 16.9. The van der Waals surface area contributed by atoms with Crippen LogP contribution in [0.2, 0.25) is 0 Å². The molecule has 1 aromatic carbocycles. The summed E-state index contributed by atoms with van der Waals surface area (Å²) in [4.78, 5) is 17.7. The van der Waals surface area contributed by atoms with Crippen molar-refractivity contribution in [2.45, 2.75) is 32.0 Å². The molecular formula is C23H26N7+. The molecule has 152 valence electrons. The van der Waals surface area contributed by atoms with E-state index in [0.29, 0.717) is 12.6 Å². The van der Waals surface area contributed by atoms with Gasteiger partial charge in [-0.15, -0.1) is 0 Å². The highest BCUT2D eigenvalue weighted by Crippen LogP contribution is 2.31. The van der Waals surface area contributed by atoms with Gasteiger partial charge in [0.25, 0.3) is 5.96 Å². The van der Waals surface area contributed by atoms with E-state index in [1.807, 2.05) is 18.3 Å². The van der Waals surface area contributed by atoms with Crippen LogP contribution in [0.4, 0.5) is 5.95 Å². The van der Waals surface area contributed by atoms with Gasteiger partial charge in [0.05, 0.1) is 12.4 Å². The summed E-state index contributed by atoms with van der Waals surface area (Å²) in [6.45, 7) is 2.23. The van der Waals surface area contributed by atoms with Gasteiger partial charge in [0.1, 0.15) is 17.7 Å². The maximum absolute atomic E-state index is 4.92. The number of nitrogens with one attached hydrogen (secondary N) is 2. The highest BCUT2D eigenvalue weighted by atomic mass is 15.5. The summed E-state index contributed by atoms with van der Waals surface area (Å²) in [5.74, 6) is 2.63. The number of pyridine rings is 1. The van der Waals surface area contributed by atoms with Crippen LogP contribution in [0.25, 0.3) is 11.0 Å². The molecule has 2 atom stereocenters. The number of guanidine groups is 1. The Morgan fingerprint density at radius 1 is 1.10 bits per heavy atom. The molecule has 0 fully saturated rings. The molecule has 0 saturated carbocycles. The van der Waals surface area contributed by atoms with E-state index in [-0.39, 0.29) is 6.17 Å². The van der Waals surface area contributed by atoms with Gasteiger partial charge < -0.3 is 5.32 Å². The Balaban J connectivity index is 1.38. The number of aromatic amines is 1. The molecule has 0 saturated heterocycles. The van der Waals surface area contributed by atoms with Crippen molar-refractivity contribution in [1.29, 1.82) is 0 Å². The molecule has 30 heavy (non-hydrogen) atoms. The van der Waals surface area contributed by atoms with Gasteiger partial charge in [0.15, 0.2) is 6.17 Å². The summed E-state index contributed by atoms with van der Waals surface area (Å²) in [5, 5.41) is 3.79. The summed E-state index contributed by atoms with van der Waals surface area (Å²) < 4.78 is 2.45. The molecule has 2 N–H and O–H groups in total. The SMILES string of the molecule is C1=CCC(C2NC3=NCN(Cc4ccccn4)CN3c3[nH]c4ccccc4[n+]32)CC1. The number of imidazole rings is 1. The van der Waals surface area contributed by atoms with Crippen LogP contribution >= 0.6 is 0 Å². The monoisotopic (exact) mass is 400 g/mol. The third-order valence-electron chi connectivity index (χ3n) is 6.33. The number of allylic oxidation sites excluding steroid dienone is 2. The zero-order chi connectivity index (χ0) is 19.9. The van der Waals surface area contributed by atoms with Crippen molar-refractivity contribution in [1.82, 2.24) is 20.2 Å². The molecular weight excluding hydrogens is 374 g/mol. The molecule has 6 rings (SSSR count). The van der Waals surface area contributed by atoms with Crippen LogP contribution in [0.1, 0.15) is 31.1 Å². The zero-order valence-corrected chi connectivity index (χ0v) is 16.9. The second kappa shape index (κ2) is 7.25. The number of nitrogens with zero attached hydrogens (tertiary/aromatic N) is 5. The fraction of sp³-hybridized carbons (Fsp3) is 0.348. The fourth-order valence-electron chi connectivity index (χ4n) is 4.87. The lowest BCUT2D eigenvalue weighted by Gasteiger charge is -2.39. The molecule has 4 heterocycles. The summed E-state index contributed by atoms with van der Waals surface area (Å²) in [6.07, 6.45) is 10.1. The van der Waals surface area contributed by atoms with Gasteiger partial charge >= 0.3 is 5.95 Å². The Labute approximate surface area is 175 Å². The van der Waals surface area contributed by atoms with E-state index in [1.54, 1.807) is 0 Å². The Morgan fingerprint density at radius 3 is 2.90 bits per heavy atom. The molecule has 3 aromatic rings. The van der Waals surface area contributed by atoms with E-state index in [1.165, 1.54) is 11.9 Å². The highest BCUT2D eigenvalue weighted by molar-refractivity contribution is 5.96. The second-order valence-electron chi connectivity index (χ2n) is 8.31. The van der Waals surface area contributed by atoms with Crippen molar-refractivity contribution in [2.24, 2.45) is 10.9 Å². The minimum atomic E-state index is 0.207. The number of H-pyrrole nitrogens is 1. The number of hydrogen-bond acceptors (Lipinski definition) is 5. The lowest BCUT2D eigenvalue weighted by atomic mass is 9.91. The first kappa shape index (κ1) is 17.7. The van der Waals surface area contributed by atoms with E-state index in [2.05, 4.69) is 72.1 Å². The average Bonchev–Trinajstić information content (AvgIpc) is 3.20. The van der Waals surface area contributed by atoms with Crippen LogP contribution < -0.4 is 14.8 Å². The highest BCUT2D eigenvalue weighted by Gasteiger charge is 2.43. The summed E-state index contributed by atoms with van der Waals surface area (Å²) >= 11 is 0. The van der Waals surface area contributed by atoms with Crippen molar-refractivity contribution >= 4 is 22.9 Å². The fourth-order valence-corrected chi connectivity index (χ4v) is 4.87. The molecule has 3 aliphatic rings. The van der Waals surface area contributed by atoms with Crippen LogP contribution in [-0.2, 0) is 6.54 Å². The van der Waals surface area contributed by atoms with Gasteiger partial charge in [-0.25, -0.2) is 19.4 Å². The van der Waals surface area contributed by atoms with Crippen molar-refractivity contribution in [3.05, 3.63) is 66.5 Å². The average molecular weight is 401 g/mol. The molecule has 0 radical (unpaired) electrons. The third kappa shape index (κ3) is 2.97. The normalized spacial score (nSPS) is 23.6. The van der Waals surface area contributed by atoms with Crippen LogP contribution in [0.15, 0.2) is 65.8 Å². The largest absolute Gasteiger partial charge is 0.368 e. The Bertz CT molecular complexity index is 1120. The van der Waals surface area contributed by atoms with Gasteiger partial charge in [-0.2, -0.15) is 4.90 Å². The van der Waals surface area contributed by atoms with Crippen molar-refractivity contribution in [2.75, 3.05) is 18.2 Å². The van der Waals surface area contributed by atoms with E-state index < -0.39 is 0 Å². The smallest absolute Gasteiger partial charge is 0.310 e. The Morgan fingerprint density at radius 2 is 2.03 bits per heavy atom. The predicted molar refractivity (Wildman–Crippen MR) is 117 cm³/mol. The Kier molecular flexibility index (Phi) is 4.27.